The van der Waals surface area contributed by atoms with Crippen molar-refractivity contribution in [2.45, 2.75) is 19.3 Å². The molecular formula is C21H25N5OS. The van der Waals surface area contributed by atoms with Gasteiger partial charge in [-0.3, -0.25) is 0 Å². The number of morpholine rings is 1. The van der Waals surface area contributed by atoms with Crippen LogP contribution in [0.15, 0.2) is 35.4 Å². The molecule has 0 saturated carbocycles. The highest BCUT2D eigenvalue weighted by Crippen LogP contribution is 2.31. The van der Waals surface area contributed by atoms with Gasteiger partial charge in [-0.15, -0.1) is 11.3 Å². The van der Waals surface area contributed by atoms with Gasteiger partial charge in [0.2, 0.25) is 0 Å². The molecule has 6 nitrogen and oxygen atoms in total. The zero-order chi connectivity index (χ0) is 18.8. The van der Waals surface area contributed by atoms with Gasteiger partial charge in [0.15, 0.2) is 0 Å². The molecule has 0 amide bonds. The summed E-state index contributed by atoms with van der Waals surface area (Å²) in [6.07, 6.45) is 5.24. The average Bonchev–Trinajstić information content (AvgIpc) is 3.27. The predicted octanol–water partition coefficient (Wildman–Crippen LogP) is 3.38. The van der Waals surface area contributed by atoms with E-state index in [1.165, 1.54) is 24.2 Å². The van der Waals surface area contributed by atoms with E-state index in [1.807, 2.05) is 5.51 Å². The third-order valence-corrected chi connectivity index (χ3v) is 6.41. The Kier molecular flexibility index (Phi) is 5.10. The fraction of sp³-hybridized carbons (Fsp3) is 0.476. The van der Waals surface area contributed by atoms with Crippen molar-refractivity contribution in [2.75, 3.05) is 49.2 Å². The zero-order valence-electron chi connectivity index (χ0n) is 16.0. The van der Waals surface area contributed by atoms with Crippen LogP contribution >= 0.6 is 11.3 Å². The third kappa shape index (κ3) is 3.69. The molecule has 0 radical (unpaired) electrons. The molecule has 2 aliphatic heterocycles. The van der Waals surface area contributed by atoms with Crippen LogP contribution in [0.25, 0.3) is 10.9 Å². The van der Waals surface area contributed by atoms with Gasteiger partial charge in [0.25, 0.3) is 0 Å². The van der Waals surface area contributed by atoms with Crippen molar-refractivity contribution >= 4 is 33.7 Å². The molecule has 1 aromatic carbocycles. The van der Waals surface area contributed by atoms with Crippen LogP contribution in [0.1, 0.15) is 18.5 Å². The number of fused-ring (bicyclic) bond motifs is 1. The van der Waals surface area contributed by atoms with E-state index in [0.717, 1.165) is 62.5 Å². The minimum absolute atomic E-state index is 0.633. The number of ether oxygens (including phenoxy) is 1. The molecule has 7 heteroatoms. The topological polar surface area (TPSA) is 54.4 Å². The maximum atomic E-state index is 5.48. The van der Waals surface area contributed by atoms with Crippen LogP contribution in [0.2, 0.25) is 0 Å². The first-order valence-corrected chi connectivity index (χ1v) is 11.0. The van der Waals surface area contributed by atoms with E-state index < -0.39 is 0 Å². The molecule has 2 fully saturated rings. The van der Waals surface area contributed by atoms with Gasteiger partial charge >= 0.3 is 0 Å². The summed E-state index contributed by atoms with van der Waals surface area (Å²) in [5.74, 6) is 1.70. The van der Waals surface area contributed by atoms with Gasteiger partial charge in [-0.05, 0) is 43.4 Å². The molecule has 1 atom stereocenters. The van der Waals surface area contributed by atoms with Crippen molar-refractivity contribution < 1.29 is 4.74 Å². The molecular weight excluding hydrogens is 370 g/mol. The lowest BCUT2D eigenvalue weighted by Crippen LogP contribution is -2.37. The molecule has 0 N–H and O–H groups in total. The zero-order valence-corrected chi connectivity index (χ0v) is 16.8. The van der Waals surface area contributed by atoms with Gasteiger partial charge in [0.1, 0.15) is 12.1 Å². The molecule has 2 saturated heterocycles. The Bertz CT molecular complexity index is 926. The lowest BCUT2D eigenvalue weighted by Gasteiger charge is -2.34. The first-order valence-electron chi connectivity index (χ1n) is 10.1. The Balaban J connectivity index is 1.38. The van der Waals surface area contributed by atoms with E-state index in [-0.39, 0.29) is 0 Å². The van der Waals surface area contributed by atoms with E-state index in [0.29, 0.717) is 5.92 Å². The first kappa shape index (κ1) is 17.8. The summed E-state index contributed by atoms with van der Waals surface area (Å²) in [7, 11) is 0. The van der Waals surface area contributed by atoms with Gasteiger partial charge in [-0.1, -0.05) is 0 Å². The molecule has 0 aliphatic carbocycles. The lowest BCUT2D eigenvalue weighted by atomic mass is 9.93. The summed E-state index contributed by atoms with van der Waals surface area (Å²) in [5, 5.41) is 3.32. The van der Waals surface area contributed by atoms with Crippen LogP contribution in [-0.2, 0) is 11.2 Å². The highest BCUT2D eigenvalue weighted by molar-refractivity contribution is 7.07. The predicted molar refractivity (Wildman–Crippen MR) is 113 cm³/mol. The molecule has 5 rings (SSSR count). The maximum Gasteiger partial charge on any atom is 0.139 e. The van der Waals surface area contributed by atoms with E-state index in [4.69, 9.17) is 4.74 Å². The van der Waals surface area contributed by atoms with Crippen LogP contribution in [0, 0.1) is 5.92 Å². The Hall–Kier alpha value is -2.25. The molecule has 28 heavy (non-hydrogen) atoms. The average molecular weight is 396 g/mol. The molecule has 0 spiro atoms. The quantitative estimate of drug-likeness (QED) is 0.675. The number of rotatable bonds is 4. The van der Waals surface area contributed by atoms with Crippen LogP contribution in [0.4, 0.5) is 11.5 Å². The largest absolute Gasteiger partial charge is 0.378 e. The first-order chi connectivity index (χ1) is 13.9. The molecule has 0 bridgehead atoms. The summed E-state index contributed by atoms with van der Waals surface area (Å²) < 4.78 is 5.48. The monoisotopic (exact) mass is 395 g/mol. The van der Waals surface area contributed by atoms with Crippen molar-refractivity contribution in [3.63, 3.8) is 0 Å². The summed E-state index contributed by atoms with van der Waals surface area (Å²) in [6, 6.07) is 6.60. The van der Waals surface area contributed by atoms with E-state index in [2.05, 4.69) is 48.3 Å². The number of aromatic nitrogens is 3. The highest BCUT2D eigenvalue weighted by atomic mass is 32.1. The third-order valence-electron chi connectivity index (χ3n) is 5.78. The van der Waals surface area contributed by atoms with Crippen molar-refractivity contribution in [2.24, 2.45) is 5.92 Å². The van der Waals surface area contributed by atoms with E-state index in [9.17, 15) is 0 Å². The minimum atomic E-state index is 0.633. The smallest absolute Gasteiger partial charge is 0.139 e. The number of hydrogen-bond donors (Lipinski definition) is 0. The maximum absolute atomic E-state index is 5.48. The van der Waals surface area contributed by atoms with Crippen molar-refractivity contribution in [3.8, 4) is 0 Å². The number of hydrogen-bond acceptors (Lipinski definition) is 7. The Labute approximate surface area is 169 Å². The van der Waals surface area contributed by atoms with Gasteiger partial charge in [-0.25, -0.2) is 15.0 Å². The molecule has 146 valence electrons. The van der Waals surface area contributed by atoms with Gasteiger partial charge in [0.05, 0.1) is 29.9 Å². The second-order valence-corrected chi connectivity index (χ2v) is 8.36. The Morgan fingerprint density at radius 1 is 1.07 bits per heavy atom. The summed E-state index contributed by atoms with van der Waals surface area (Å²) in [6.45, 7) is 5.56. The second-order valence-electron chi connectivity index (χ2n) is 7.64. The highest BCUT2D eigenvalue weighted by Gasteiger charge is 2.23. The molecule has 3 aromatic rings. The van der Waals surface area contributed by atoms with Crippen LogP contribution < -0.4 is 9.80 Å². The SMILES string of the molecule is c1nc(N2CCCC(Cc3cscn3)C2)c2ccc(N3CCOCC3)cc2n1. The minimum Gasteiger partial charge on any atom is -0.378 e. The Morgan fingerprint density at radius 2 is 2.00 bits per heavy atom. The summed E-state index contributed by atoms with van der Waals surface area (Å²) >= 11 is 1.68. The number of nitrogens with zero attached hydrogens (tertiary/aromatic N) is 5. The standard InChI is InChI=1S/C21H25N5OS/c1-2-16(10-17-13-28-15-24-17)12-26(5-1)21-19-4-3-18(11-20(19)22-14-23-21)25-6-8-27-9-7-25/h3-4,11,13-16H,1-2,5-10,12H2. The van der Waals surface area contributed by atoms with E-state index in [1.54, 1.807) is 17.7 Å². The summed E-state index contributed by atoms with van der Waals surface area (Å²) in [5.41, 5.74) is 5.40. The normalized spacial score (nSPS) is 20.6. The molecule has 2 aromatic heterocycles. The molecule has 1 unspecified atom stereocenters. The molecule has 4 heterocycles. The van der Waals surface area contributed by atoms with Crippen LogP contribution in [0.3, 0.4) is 0 Å². The van der Waals surface area contributed by atoms with Gasteiger partial charge in [-0.2, -0.15) is 0 Å². The number of anilines is 2. The van der Waals surface area contributed by atoms with Gasteiger partial charge in [0, 0.05) is 42.6 Å². The van der Waals surface area contributed by atoms with Crippen LogP contribution in [0.5, 0.6) is 0 Å². The van der Waals surface area contributed by atoms with Crippen LogP contribution in [-0.4, -0.2) is 54.3 Å². The van der Waals surface area contributed by atoms with Gasteiger partial charge < -0.3 is 14.5 Å². The molecule has 2 aliphatic rings. The van der Waals surface area contributed by atoms with E-state index >= 15 is 0 Å². The fourth-order valence-corrected chi connectivity index (χ4v) is 4.93. The lowest BCUT2D eigenvalue weighted by molar-refractivity contribution is 0.122. The van der Waals surface area contributed by atoms with Crippen molar-refractivity contribution in [1.29, 1.82) is 0 Å². The number of benzene rings is 1. The Morgan fingerprint density at radius 3 is 2.86 bits per heavy atom. The fourth-order valence-electron chi connectivity index (χ4n) is 4.36. The summed E-state index contributed by atoms with van der Waals surface area (Å²) in [4.78, 5) is 18.5. The van der Waals surface area contributed by atoms with Crippen molar-refractivity contribution in [3.05, 3.63) is 41.1 Å². The second kappa shape index (κ2) is 8.01. The number of piperidine rings is 1. The van der Waals surface area contributed by atoms with Crippen molar-refractivity contribution in [1.82, 2.24) is 15.0 Å². The number of thiazole rings is 1.